The topological polar surface area (TPSA) is 49.6 Å². The van der Waals surface area contributed by atoms with E-state index in [1.54, 1.807) is 0 Å². The smallest absolute Gasteiger partial charge is 0.270 e. The molecule has 0 aliphatic carbocycles. The number of halogens is 1. The number of amides is 1. The highest BCUT2D eigenvalue weighted by molar-refractivity contribution is 9.10. The molecule has 1 saturated heterocycles. The monoisotopic (exact) mass is 406 g/mol. The number of nitrogens with one attached hydrogen (secondary N) is 1. The second-order valence-corrected chi connectivity index (χ2v) is 7.72. The van der Waals surface area contributed by atoms with E-state index in [-0.39, 0.29) is 5.91 Å². The van der Waals surface area contributed by atoms with Gasteiger partial charge in [-0.05, 0) is 86.2 Å². The Morgan fingerprint density at radius 2 is 2.08 bits per heavy atom. The molecule has 2 aromatic heterocycles. The number of fused-ring (bicyclic) bond motifs is 1. The van der Waals surface area contributed by atoms with Crippen LogP contribution in [-0.4, -0.2) is 46.4 Å². The molecular weight excluding hydrogens is 380 g/mol. The standard InChI is InChI=1S/C19H27BrN4O/c1-3-16-17(24-13-15(20)12-14(2)18(24)22-16)19(25)21-8-4-5-9-23-10-6-7-11-23/h12-13H,3-11H2,1-2H3,(H,21,25). The summed E-state index contributed by atoms with van der Waals surface area (Å²) in [7, 11) is 0. The van der Waals surface area contributed by atoms with Crippen LogP contribution in [0.25, 0.3) is 5.65 Å². The zero-order chi connectivity index (χ0) is 17.8. The normalized spacial score (nSPS) is 15.2. The third kappa shape index (κ3) is 4.23. The lowest BCUT2D eigenvalue weighted by Gasteiger charge is -2.14. The fourth-order valence-electron chi connectivity index (χ4n) is 3.55. The van der Waals surface area contributed by atoms with E-state index < -0.39 is 0 Å². The molecule has 6 heteroatoms. The summed E-state index contributed by atoms with van der Waals surface area (Å²) in [6.07, 6.45) is 7.49. The lowest BCUT2D eigenvalue weighted by Crippen LogP contribution is -2.28. The van der Waals surface area contributed by atoms with Crippen LogP contribution in [0.15, 0.2) is 16.7 Å². The molecule has 1 aliphatic heterocycles. The van der Waals surface area contributed by atoms with Crippen molar-refractivity contribution in [1.29, 1.82) is 0 Å². The van der Waals surface area contributed by atoms with Crippen molar-refractivity contribution >= 4 is 27.5 Å². The van der Waals surface area contributed by atoms with Crippen molar-refractivity contribution in [3.8, 4) is 0 Å². The van der Waals surface area contributed by atoms with Gasteiger partial charge in [0.2, 0.25) is 0 Å². The molecule has 0 saturated carbocycles. The van der Waals surface area contributed by atoms with Crippen LogP contribution in [0.2, 0.25) is 0 Å². The van der Waals surface area contributed by atoms with Gasteiger partial charge in [-0.15, -0.1) is 0 Å². The molecule has 136 valence electrons. The number of rotatable bonds is 7. The maximum absolute atomic E-state index is 12.7. The molecule has 0 spiro atoms. The average Bonchev–Trinajstić information content (AvgIpc) is 3.21. The van der Waals surface area contributed by atoms with Gasteiger partial charge in [-0.2, -0.15) is 0 Å². The Bertz CT molecular complexity index is 749. The summed E-state index contributed by atoms with van der Waals surface area (Å²) in [6.45, 7) is 8.41. The SMILES string of the molecule is CCc1nc2c(C)cc(Br)cn2c1C(=O)NCCCCN1CCCC1. The Morgan fingerprint density at radius 1 is 1.32 bits per heavy atom. The first-order valence-corrected chi connectivity index (χ1v) is 10.1. The molecule has 1 N–H and O–H groups in total. The van der Waals surface area contributed by atoms with Crippen LogP contribution < -0.4 is 5.32 Å². The van der Waals surface area contributed by atoms with Crippen molar-refractivity contribution in [1.82, 2.24) is 19.6 Å². The Hall–Kier alpha value is -1.40. The molecule has 0 radical (unpaired) electrons. The van der Waals surface area contributed by atoms with Crippen molar-refractivity contribution in [2.75, 3.05) is 26.2 Å². The van der Waals surface area contributed by atoms with E-state index in [0.717, 1.165) is 53.7 Å². The van der Waals surface area contributed by atoms with Crippen LogP contribution in [0.3, 0.4) is 0 Å². The number of aryl methyl sites for hydroxylation is 2. The molecule has 1 amide bonds. The lowest BCUT2D eigenvalue weighted by atomic mass is 10.2. The number of likely N-dealkylation sites (tertiary alicyclic amines) is 1. The van der Waals surface area contributed by atoms with Gasteiger partial charge in [-0.25, -0.2) is 4.98 Å². The molecule has 25 heavy (non-hydrogen) atoms. The van der Waals surface area contributed by atoms with E-state index in [4.69, 9.17) is 0 Å². The van der Waals surface area contributed by atoms with E-state index in [1.165, 1.54) is 25.9 Å². The number of pyridine rings is 1. The van der Waals surface area contributed by atoms with Gasteiger partial charge in [0.25, 0.3) is 5.91 Å². The highest BCUT2D eigenvalue weighted by atomic mass is 79.9. The fraction of sp³-hybridized carbons (Fsp3) is 0.579. The third-order valence-corrected chi connectivity index (χ3v) is 5.31. The summed E-state index contributed by atoms with van der Waals surface area (Å²) in [5.41, 5.74) is 3.45. The van der Waals surface area contributed by atoms with Crippen molar-refractivity contribution in [2.45, 2.75) is 46.0 Å². The third-order valence-electron chi connectivity index (χ3n) is 4.88. The van der Waals surface area contributed by atoms with Crippen molar-refractivity contribution < 1.29 is 4.79 Å². The fourth-order valence-corrected chi connectivity index (χ4v) is 4.10. The molecule has 1 fully saturated rings. The minimum atomic E-state index is -0.0250. The van der Waals surface area contributed by atoms with E-state index in [1.807, 2.05) is 30.5 Å². The highest BCUT2D eigenvalue weighted by Crippen LogP contribution is 2.21. The van der Waals surface area contributed by atoms with Gasteiger partial charge in [-0.3, -0.25) is 9.20 Å². The first-order valence-electron chi connectivity index (χ1n) is 9.27. The Kier molecular flexibility index (Phi) is 6.12. The second kappa shape index (κ2) is 8.32. The zero-order valence-electron chi connectivity index (χ0n) is 15.1. The van der Waals surface area contributed by atoms with Crippen LogP contribution in [0.1, 0.15) is 54.4 Å². The number of imidazole rings is 1. The molecule has 3 rings (SSSR count). The summed E-state index contributed by atoms with van der Waals surface area (Å²) in [4.78, 5) is 19.9. The number of nitrogens with zero attached hydrogens (tertiary/aromatic N) is 3. The van der Waals surface area contributed by atoms with E-state index in [2.05, 4.69) is 31.1 Å². The van der Waals surface area contributed by atoms with Gasteiger partial charge in [0.15, 0.2) is 0 Å². The van der Waals surface area contributed by atoms with Crippen LogP contribution >= 0.6 is 15.9 Å². The number of hydrogen-bond acceptors (Lipinski definition) is 3. The minimum absolute atomic E-state index is 0.0250. The summed E-state index contributed by atoms with van der Waals surface area (Å²) in [5, 5.41) is 3.08. The Balaban J connectivity index is 1.63. The van der Waals surface area contributed by atoms with Crippen LogP contribution in [-0.2, 0) is 6.42 Å². The maximum atomic E-state index is 12.7. The molecule has 0 unspecified atom stereocenters. The van der Waals surface area contributed by atoms with Gasteiger partial charge in [0.05, 0.1) is 5.69 Å². The molecule has 0 atom stereocenters. The number of hydrogen-bond donors (Lipinski definition) is 1. The van der Waals surface area contributed by atoms with E-state index >= 15 is 0 Å². The quantitative estimate of drug-likeness (QED) is 0.714. The zero-order valence-corrected chi connectivity index (χ0v) is 16.7. The number of aromatic nitrogens is 2. The summed E-state index contributed by atoms with van der Waals surface area (Å²) in [6, 6.07) is 2.03. The number of carbonyl (C=O) groups is 1. The molecule has 0 bridgehead atoms. The summed E-state index contributed by atoms with van der Waals surface area (Å²) < 4.78 is 2.87. The molecule has 3 heterocycles. The molecule has 0 aromatic carbocycles. The van der Waals surface area contributed by atoms with Crippen molar-refractivity contribution in [2.24, 2.45) is 0 Å². The van der Waals surface area contributed by atoms with Crippen LogP contribution in [0.4, 0.5) is 0 Å². The van der Waals surface area contributed by atoms with Gasteiger partial charge in [0.1, 0.15) is 11.3 Å². The van der Waals surface area contributed by atoms with Gasteiger partial charge < -0.3 is 10.2 Å². The summed E-state index contributed by atoms with van der Waals surface area (Å²) >= 11 is 3.52. The van der Waals surface area contributed by atoms with E-state index in [9.17, 15) is 4.79 Å². The molecule has 5 nitrogen and oxygen atoms in total. The predicted octanol–water partition coefficient (Wildman–Crippen LogP) is 3.57. The van der Waals surface area contributed by atoms with Gasteiger partial charge in [-0.1, -0.05) is 6.92 Å². The van der Waals surface area contributed by atoms with Crippen LogP contribution in [0.5, 0.6) is 0 Å². The van der Waals surface area contributed by atoms with Crippen molar-refractivity contribution in [3.63, 3.8) is 0 Å². The lowest BCUT2D eigenvalue weighted by molar-refractivity contribution is 0.0946. The minimum Gasteiger partial charge on any atom is -0.351 e. The summed E-state index contributed by atoms with van der Waals surface area (Å²) in [5.74, 6) is -0.0250. The molecule has 1 aliphatic rings. The maximum Gasteiger partial charge on any atom is 0.270 e. The largest absolute Gasteiger partial charge is 0.351 e. The number of unbranched alkanes of at least 4 members (excludes halogenated alkanes) is 1. The average molecular weight is 407 g/mol. The van der Waals surface area contributed by atoms with Crippen LogP contribution in [0, 0.1) is 6.92 Å². The Labute approximate surface area is 157 Å². The molecular formula is C19H27BrN4O. The van der Waals surface area contributed by atoms with Gasteiger partial charge in [0, 0.05) is 17.2 Å². The molecule has 2 aromatic rings. The number of carbonyl (C=O) groups excluding carboxylic acids is 1. The first-order chi connectivity index (χ1) is 12.1. The predicted molar refractivity (Wildman–Crippen MR) is 104 cm³/mol. The van der Waals surface area contributed by atoms with Crippen molar-refractivity contribution in [3.05, 3.63) is 33.7 Å². The highest BCUT2D eigenvalue weighted by Gasteiger charge is 2.19. The van der Waals surface area contributed by atoms with Gasteiger partial charge >= 0.3 is 0 Å². The van der Waals surface area contributed by atoms with E-state index in [0.29, 0.717) is 5.69 Å². The first kappa shape index (κ1) is 18.4. The Morgan fingerprint density at radius 3 is 2.80 bits per heavy atom. The second-order valence-electron chi connectivity index (χ2n) is 6.81.